The first-order valence-electron chi connectivity index (χ1n) is 11.5. The van der Waals surface area contributed by atoms with E-state index in [-0.39, 0.29) is 5.56 Å². The summed E-state index contributed by atoms with van der Waals surface area (Å²) in [6.07, 6.45) is 6.07. The van der Waals surface area contributed by atoms with Gasteiger partial charge in [0, 0.05) is 17.8 Å². The number of likely N-dealkylation sites (tertiary alicyclic amines) is 1. The molecule has 0 saturated carbocycles. The molecule has 31 heavy (non-hydrogen) atoms. The number of piperidine rings is 1. The summed E-state index contributed by atoms with van der Waals surface area (Å²) < 4.78 is 7.30. The number of aromatic nitrogens is 2. The molecule has 4 rings (SSSR count). The van der Waals surface area contributed by atoms with Gasteiger partial charge in [-0.05, 0) is 74.0 Å². The van der Waals surface area contributed by atoms with Gasteiger partial charge in [-0.15, -0.1) is 0 Å². The van der Waals surface area contributed by atoms with E-state index in [1.165, 1.54) is 5.56 Å². The molecule has 3 heterocycles. The molecule has 1 fully saturated rings. The van der Waals surface area contributed by atoms with Crippen molar-refractivity contribution in [3.8, 4) is 17.0 Å². The Labute approximate surface area is 184 Å². The standard InChI is InChI=1S/C26H33N3O2/c1-5-18-8-9-21(15-24(18)31-4)23-16-25(30)29-17-22(14-19(6-2)26(29)27-23)20-10-12-28(7-3)13-11-20/h8-9,14-17,20H,5-7,10-13H2,1-4H3. The van der Waals surface area contributed by atoms with E-state index >= 15 is 0 Å². The molecule has 3 aromatic rings. The summed E-state index contributed by atoms with van der Waals surface area (Å²) >= 11 is 0. The van der Waals surface area contributed by atoms with Crippen LogP contribution in [0.5, 0.6) is 5.75 Å². The molecule has 0 aliphatic carbocycles. The van der Waals surface area contributed by atoms with Gasteiger partial charge in [-0.1, -0.05) is 39.0 Å². The fourth-order valence-corrected chi connectivity index (χ4v) is 4.70. The molecule has 5 nitrogen and oxygen atoms in total. The predicted molar refractivity (Wildman–Crippen MR) is 126 cm³/mol. The van der Waals surface area contributed by atoms with Crippen LogP contribution in [0.4, 0.5) is 0 Å². The lowest BCUT2D eigenvalue weighted by atomic mass is 9.89. The largest absolute Gasteiger partial charge is 0.496 e. The van der Waals surface area contributed by atoms with E-state index in [2.05, 4.69) is 37.8 Å². The summed E-state index contributed by atoms with van der Waals surface area (Å²) in [6, 6.07) is 10.00. The van der Waals surface area contributed by atoms with Crippen LogP contribution in [0.25, 0.3) is 16.9 Å². The first-order chi connectivity index (χ1) is 15.1. The first kappa shape index (κ1) is 21.6. The molecule has 0 N–H and O–H groups in total. The van der Waals surface area contributed by atoms with Crippen molar-refractivity contribution in [2.45, 2.75) is 52.4 Å². The van der Waals surface area contributed by atoms with Gasteiger partial charge in [-0.25, -0.2) is 4.98 Å². The van der Waals surface area contributed by atoms with Gasteiger partial charge in [-0.3, -0.25) is 9.20 Å². The van der Waals surface area contributed by atoms with E-state index < -0.39 is 0 Å². The molecule has 1 aliphatic rings. The summed E-state index contributed by atoms with van der Waals surface area (Å²) in [4.78, 5) is 20.6. The van der Waals surface area contributed by atoms with E-state index in [1.807, 2.05) is 18.3 Å². The van der Waals surface area contributed by atoms with Crippen LogP contribution in [-0.2, 0) is 12.8 Å². The fourth-order valence-electron chi connectivity index (χ4n) is 4.70. The highest BCUT2D eigenvalue weighted by molar-refractivity contribution is 5.65. The molecule has 0 radical (unpaired) electrons. The molecule has 5 heteroatoms. The van der Waals surface area contributed by atoms with Crippen LogP contribution in [0.3, 0.4) is 0 Å². The molecule has 0 unspecified atom stereocenters. The van der Waals surface area contributed by atoms with Gasteiger partial charge in [0.2, 0.25) is 0 Å². The smallest absolute Gasteiger partial charge is 0.258 e. The minimum atomic E-state index is -0.0268. The number of hydrogen-bond donors (Lipinski definition) is 0. The van der Waals surface area contributed by atoms with Crippen molar-refractivity contribution in [3.63, 3.8) is 0 Å². The van der Waals surface area contributed by atoms with E-state index in [1.54, 1.807) is 17.6 Å². The van der Waals surface area contributed by atoms with E-state index in [9.17, 15) is 4.79 Å². The number of aryl methyl sites for hydroxylation is 2. The Morgan fingerprint density at radius 2 is 1.77 bits per heavy atom. The highest BCUT2D eigenvalue weighted by Gasteiger charge is 2.21. The number of methoxy groups -OCH3 is 1. The Hall–Kier alpha value is -2.66. The Balaban J connectivity index is 1.77. The lowest BCUT2D eigenvalue weighted by molar-refractivity contribution is 0.222. The van der Waals surface area contributed by atoms with Crippen LogP contribution >= 0.6 is 0 Å². The molecular weight excluding hydrogens is 386 g/mol. The van der Waals surface area contributed by atoms with Gasteiger partial charge in [-0.2, -0.15) is 0 Å². The van der Waals surface area contributed by atoms with Gasteiger partial charge in [0.05, 0.1) is 12.8 Å². The maximum atomic E-state index is 13.1. The third-order valence-corrected chi connectivity index (χ3v) is 6.71. The maximum Gasteiger partial charge on any atom is 0.258 e. The predicted octanol–water partition coefficient (Wildman–Crippen LogP) is 4.69. The van der Waals surface area contributed by atoms with Crippen LogP contribution < -0.4 is 10.3 Å². The average Bonchev–Trinajstić information content (AvgIpc) is 2.83. The second-order valence-corrected chi connectivity index (χ2v) is 8.41. The van der Waals surface area contributed by atoms with Crippen LogP contribution in [0.1, 0.15) is 56.2 Å². The Bertz CT molecular complexity index is 1130. The third kappa shape index (κ3) is 4.24. The normalized spacial score (nSPS) is 15.5. The fraction of sp³-hybridized carbons (Fsp3) is 0.462. The number of rotatable bonds is 6. The van der Waals surface area contributed by atoms with Gasteiger partial charge in [0.1, 0.15) is 11.4 Å². The van der Waals surface area contributed by atoms with Gasteiger partial charge >= 0.3 is 0 Å². The lowest BCUT2D eigenvalue weighted by Crippen LogP contribution is -2.32. The number of ether oxygens (including phenoxy) is 1. The van der Waals surface area contributed by atoms with E-state index in [4.69, 9.17) is 9.72 Å². The van der Waals surface area contributed by atoms with Crippen LogP contribution in [0, 0.1) is 0 Å². The Kier molecular flexibility index (Phi) is 6.42. The van der Waals surface area contributed by atoms with Crippen molar-refractivity contribution < 1.29 is 4.74 Å². The molecule has 1 saturated heterocycles. The van der Waals surface area contributed by atoms with E-state index in [0.29, 0.717) is 11.6 Å². The van der Waals surface area contributed by atoms with Crippen molar-refractivity contribution in [1.82, 2.24) is 14.3 Å². The first-order valence-corrected chi connectivity index (χ1v) is 11.5. The van der Waals surface area contributed by atoms with Crippen molar-refractivity contribution in [3.05, 3.63) is 63.6 Å². The number of fused-ring (bicyclic) bond motifs is 1. The van der Waals surface area contributed by atoms with Crippen molar-refractivity contribution in [2.75, 3.05) is 26.7 Å². The van der Waals surface area contributed by atoms with Crippen LogP contribution in [0.2, 0.25) is 0 Å². The second kappa shape index (κ2) is 9.23. The van der Waals surface area contributed by atoms with Gasteiger partial charge < -0.3 is 9.64 Å². The van der Waals surface area contributed by atoms with Crippen molar-refractivity contribution >= 4 is 5.65 Å². The lowest BCUT2D eigenvalue weighted by Gasteiger charge is -2.31. The minimum Gasteiger partial charge on any atom is -0.496 e. The average molecular weight is 420 g/mol. The number of nitrogens with zero attached hydrogens (tertiary/aromatic N) is 3. The van der Waals surface area contributed by atoms with E-state index in [0.717, 1.165) is 73.4 Å². The molecule has 0 amide bonds. The molecule has 0 bridgehead atoms. The second-order valence-electron chi connectivity index (χ2n) is 8.41. The van der Waals surface area contributed by atoms with Crippen molar-refractivity contribution in [1.29, 1.82) is 0 Å². The monoisotopic (exact) mass is 419 g/mol. The molecule has 1 aromatic carbocycles. The summed E-state index contributed by atoms with van der Waals surface area (Å²) in [5.41, 5.74) is 5.89. The number of hydrogen-bond acceptors (Lipinski definition) is 4. The maximum absolute atomic E-state index is 13.1. The zero-order valence-electron chi connectivity index (χ0n) is 19.1. The summed E-state index contributed by atoms with van der Waals surface area (Å²) in [5.74, 6) is 1.35. The molecule has 0 spiro atoms. The minimum absolute atomic E-state index is 0.0268. The van der Waals surface area contributed by atoms with Crippen molar-refractivity contribution in [2.24, 2.45) is 0 Å². The molecule has 0 atom stereocenters. The SMILES string of the molecule is CCc1ccc(-c2cc(=O)n3cc(C4CCN(CC)CC4)cc(CC)c3n2)cc1OC. The zero-order valence-corrected chi connectivity index (χ0v) is 19.1. The third-order valence-electron chi connectivity index (χ3n) is 6.71. The Morgan fingerprint density at radius 3 is 2.42 bits per heavy atom. The summed E-state index contributed by atoms with van der Waals surface area (Å²) in [7, 11) is 1.68. The van der Waals surface area contributed by atoms with Crippen LogP contribution in [-0.4, -0.2) is 41.0 Å². The van der Waals surface area contributed by atoms with Gasteiger partial charge in [0.25, 0.3) is 5.56 Å². The number of pyridine rings is 1. The van der Waals surface area contributed by atoms with Crippen LogP contribution in [0.15, 0.2) is 41.3 Å². The molecular formula is C26H33N3O2. The molecule has 1 aliphatic heterocycles. The summed E-state index contributed by atoms with van der Waals surface area (Å²) in [5, 5.41) is 0. The topological polar surface area (TPSA) is 46.8 Å². The summed E-state index contributed by atoms with van der Waals surface area (Å²) in [6.45, 7) is 9.83. The van der Waals surface area contributed by atoms with Gasteiger partial charge in [0.15, 0.2) is 0 Å². The Morgan fingerprint density at radius 1 is 1.03 bits per heavy atom. The molecule has 2 aromatic heterocycles. The number of benzene rings is 1. The highest BCUT2D eigenvalue weighted by Crippen LogP contribution is 2.30. The molecule has 164 valence electrons. The zero-order chi connectivity index (χ0) is 22.0. The highest BCUT2D eigenvalue weighted by atomic mass is 16.5. The quantitative estimate of drug-likeness (QED) is 0.581.